The molecule has 0 saturated heterocycles. The van der Waals surface area contributed by atoms with Gasteiger partial charge in [-0.25, -0.2) is 27.1 Å². The van der Waals surface area contributed by atoms with Gasteiger partial charge in [0, 0.05) is 32.1 Å². The predicted molar refractivity (Wildman–Crippen MR) is 123 cm³/mol. The highest BCUT2D eigenvalue weighted by Gasteiger charge is 2.23. The number of ether oxygens (including phenoxy) is 1. The Hall–Kier alpha value is -3.57. The van der Waals surface area contributed by atoms with Crippen molar-refractivity contribution in [2.45, 2.75) is 18.2 Å². The van der Waals surface area contributed by atoms with Crippen molar-refractivity contribution >= 4 is 32.6 Å². The molecule has 0 amide bonds. The van der Waals surface area contributed by atoms with E-state index in [1.54, 1.807) is 43.5 Å². The maximum atomic E-state index is 13.6. The van der Waals surface area contributed by atoms with Gasteiger partial charge in [-0.2, -0.15) is 5.10 Å². The molecule has 2 aromatic carbocycles. The van der Waals surface area contributed by atoms with E-state index in [4.69, 9.17) is 4.74 Å². The molecule has 2 N–H and O–H groups in total. The standard InChI is InChI=1S/C22H23FN6O3S/c1-4-32-18-8-5-14(11-19(18)33(30,31)29(2)3)12-21-24-10-9-20(25-21)26-22-16-13-15(23)6-7-17(16)27-28-22/h5-11,13H,4,12H2,1-3H3,(H2,24,25,26,27,28). The zero-order valence-electron chi connectivity index (χ0n) is 18.3. The summed E-state index contributed by atoms with van der Waals surface area (Å²) in [5, 5.41) is 10.7. The summed E-state index contributed by atoms with van der Waals surface area (Å²) in [7, 11) is -0.753. The average molecular weight is 471 g/mol. The van der Waals surface area contributed by atoms with Crippen LogP contribution in [0.2, 0.25) is 0 Å². The van der Waals surface area contributed by atoms with E-state index in [0.717, 1.165) is 4.31 Å². The Kier molecular flexibility index (Phi) is 6.25. The van der Waals surface area contributed by atoms with E-state index in [2.05, 4.69) is 25.5 Å². The Morgan fingerprint density at radius 2 is 1.97 bits per heavy atom. The summed E-state index contributed by atoms with van der Waals surface area (Å²) in [6.07, 6.45) is 1.89. The molecule has 172 valence electrons. The smallest absolute Gasteiger partial charge is 0.246 e. The van der Waals surface area contributed by atoms with E-state index in [-0.39, 0.29) is 10.7 Å². The van der Waals surface area contributed by atoms with Crippen molar-refractivity contribution in [2.75, 3.05) is 26.0 Å². The molecule has 2 heterocycles. The van der Waals surface area contributed by atoms with Crippen molar-refractivity contribution in [3.8, 4) is 5.75 Å². The van der Waals surface area contributed by atoms with Crippen molar-refractivity contribution in [1.29, 1.82) is 0 Å². The van der Waals surface area contributed by atoms with Gasteiger partial charge in [0.15, 0.2) is 5.82 Å². The van der Waals surface area contributed by atoms with Crippen molar-refractivity contribution in [2.24, 2.45) is 0 Å². The molecular weight excluding hydrogens is 447 g/mol. The monoisotopic (exact) mass is 470 g/mol. The van der Waals surface area contributed by atoms with Gasteiger partial charge in [-0.3, -0.25) is 5.10 Å². The molecule has 0 aliphatic carbocycles. The quantitative estimate of drug-likeness (QED) is 0.405. The van der Waals surface area contributed by atoms with Gasteiger partial charge >= 0.3 is 0 Å². The molecule has 0 bridgehead atoms. The molecule has 0 aliphatic rings. The average Bonchev–Trinajstić information content (AvgIpc) is 3.17. The molecule has 0 spiro atoms. The SMILES string of the molecule is CCOc1ccc(Cc2nccc(Nc3n[nH]c4ccc(F)cc34)n2)cc1S(=O)(=O)N(C)C. The Morgan fingerprint density at radius 1 is 1.15 bits per heavy atom. The second-order valence-electron chi connectivity index (χ2n) is 7.42. The van der Waals surface area contributed by atoms with Crippen LogP contribution in [0.5, 0.6) is 5.75 Å². The van der Waals surface area contributed by atoms with Crippen LogP contribution in [-0.2, 0) is 16.4 Å². The molecule has 0 atom stereocenters. The Labute approximate surface area is 190 Å². The van der Waals surface area contributed by atoms with Gasteiger partial charge in [0.2, 0.25) is 10.0 Å². The van der Waals surface area contributed by atoms with Crippen molar-refractivity contribution in [3.63, 3.8) is 0 Å². The van der Waals surface area contributed by atoms with Crippen molar-refractivity contribution in [1.82, 2.24) is 24.5 Å². The molecule has 4 rings (SSSR count). The van der Waals surface area contributed by atoms with Gasteiger partial charge in [0.25, 0.3) is 0 Å². The van der Waals surface area contributed by atoms with Crippen molar-refractivity contribution < 1.29 is 17.5 Å². The summed E-state index contributed by atoms with van der Waals surface area (Å²) in [4.78, 5) is 8.88. The molecule has 11 heteroatoms. The number of hydrogen-bond acceptors (Lipinski definition) is 7. The van der Waals surface area contributed by atoms with E-state index >= 15 is 0 Å². The van der Waals surface area contributed by atoms with Gasteiger partial charge in [-0.15, -0.1) is 0 Å². The Bertz CT molecular complexity index is 1400. The molecule has 4 aromatic rings. The molecule has 33 heavy (non-hydrogen) atoms. The van der Waals surface area contributed by atoms with E-state index in [1.807, 2.05) is 0 Å². The maximum Gasteiger partial charge on any atom is 0.246 e. The lowest BCUT2D eigenvalue weighted by atomic mass is 10.1. The van der Waals surface area contributed by atoms with E-state index in [1.165, 1.54) is 26.2 Å². The molecule has 0 unspecified atom stereocenters. The van der Waals surface area contributed by atoms with Crippen LogP contribution < -0.4 is 10.1 Å². The van der Waals surface area contributed by atoms with Crippen molar-refractivity contribution in [3.05, 3.63) is 65.9 Å². The third-order valence-corrected chi connectivity index (χ3v) is 6.74. The first-order valence-corrected chi connectivity index (χ1v) is 11.6. The summed E-state index contributed by atoms with van der Waals surface area (Å²) >= 11 is 0. The van der Waals surface area contributed by atoms with E-state index in [9.17, 15) is 12.8 Å². The van der Waals surface area contributed by atoms with Crippen LogP contribution in [0.1, 0.15) is 18.3 Å². The number of anilines is 2. The summed E-state index contributed by atoms with van der Waals surface area (Å²) in [5.74, 6) is 1.32. The predicted octanol–water partition coefficient (Wildman–Crippen LogP) is 3.48. The fraction of sp³-hybridized carbons (Fsp3) is 0.227. The number of rotatable bonds is 8. The first kappa shape index (κ1) is 22.6. The fourth-order valence-electron chi connectivity index (χ4n) is 3.27. The highest BCUT2D eigenvalue weighted by atomic mass is 32.2. The van der Waals surface area contributed by atoms with Crippen LogP contribution in [0, 0.1) is 5.82 Å². The number of sulfonamides is 1. The highest BCUT2D eigenvalue weighted by Crippen LogP contribution is 2.28. The number of nitrogens with one attached hydrogen (secondary N) is 2. The third-order valence-electron chi connectivity index (χ3n) is 4.91. The maximum absolute atomic E-state index is 13.6. The Balaban J connectivity index is 1.61. The topological polar surface area (TPSA) is 113 Å². The molecular formula is C22H23FN6O3S. The van der Waals surface area contributed by atoms with Crippen LogP contribution in [0.15, 0.2) is 53.6 Å². The number of benzene rings is 2. The number of aromatic amines is 1. The number of aromatic nitrogens is 4. The van der Waals surface area contributed by atoms with Crippen LogP contribution >= 0.6 is 0 Å². The second-order valence-corrected chi connectivity index (χ2v) is 9.54. The van der Waals surface area contributed by atoms with E-state index in [0.29, 0.717) is 52.7 Å². The molecule has 0 aliphatic heterocycles. The second kappa shape index (κ2) is 9.12. The van der Waals surface area contributed by atoms with E-state index < -0.39 is 10.0 Å². The number of halogens is 1. The first-order valence-electron chi connectivity index (χ1n) is 10.2. The summed E-state index contributed by atoms with van der Waals surface area (Å²) in [6, 6.07) is 11.0. The van der Waals surface area contributed by atoms with Gasteiger partial charge in [-0.05, 0) is 48.9 Å². The summed E-state index contributed by atoms with van der Waals surface area (Å²) in [5.41, 5.74) is 1.40. The van der Waals surface area contributed by atoms with Crippen LogP contribution in [0.25, 0.3) is 10.9 Å². The number of nitrogens with zero attached hydrogens (tertiary/aromatic N) is 4. The summed E-state index contributed by atoms with van der Waals surface area (Å²) in [6.45, 7) is 2.14. The van der Waals surface area contributed by atoms with Gasteiger partial charge < -0.3 is 10.1 Å². The zero-order chi connectivity index (χ0) is 23.6. The minimum Gasteiger partial charge on any atom is -0.492 e. The molecule has 9 nitrogen and oxygen atoms in total. The number of H-pyrrole nitrogens is 1. The largest absolute Gasteiger partial charge is 0.492 e. The molecule has 0 fully saturated rings. The molecule has 0 saturated carbocycles. The number of hydrogen-bond donors (Lipinski definition) is 2. The lowest BCUT2D eigenvalue weighted by Gasteiger charge is -2.16. The third kappa shape index (κ3) is 4.78. The van der Waals surface area contributed by atoms with Crippen LogP contribution in [0.3, 0.4) is 0 Å². The summed E-state index contributed by atoms with van der Waals surface area (Å²) < 4.78 is 45.8. The van der Waals surface area contributed by atoms with Crippen LogP contribution in [-0.4, -0.2) is 53.6 Å². The molecule has 0 radical (unpaired) electrons. The Morgan fingerprint density at radius 3 is 2.73 bits per heavy atom. The van der Waals surface area contributed by atoms with Gasteiger partial charge in [0.1, 0.15) is 28.1 Å². The van der Waals surface area contributed by atoms with Gasteiger partial charge in [-0.1, -0.05) is 6.07 Å². The van der Waals surface area contributed by atoms with Crippen LogP contribution in [0.4, 0.5) is 16.0 Å². The highest BCUT2D eigenvalue weighted by molar-refractivity contribution is 7.89. The fourth-order valence-corrected chi connectivity index (χ4v) is 4.35. The molecule has 2 aromatic heterocycles. The minimum atomic E-state index is -3.70. The van der Waals surface area contributed by atoms with Gasteiger partial charge in [0.05, 0.1) is 12.1 Å². The number of fused-ring (bicyclic) bond motifs is 1. The zero-order valence-corrected chi connectivity index (χ0v) is 19.1. The first-order chi connectivity index (χ1) is 15.8. The normalized spacial score (nSPS) is 11.8. The lowest BCUT2D eigenvalue weighted by Crippen LogP contribution is -2.23. The minimum absolute atomic E-state index is 0.0890. The lowest BCUT2D eigenvalue weighted by molar-refractivity contribution is 0.330.